The molecule has 384 valence electrons. The van der Waals surface area contributed by atoms with E-state index < -0.39 is 179 Å². The van der Waals surface area contributed by atoms with Crippen LogP contribution >= 0.6 is 0 Å². The predicted octanol–water partition coefficient (Wildman–Crippen LogP) is 17.4. The van der Waals surface area contributed by atoms with Crippen LogP contribution in [0.4, 0.5) is 161 Å². The third-order valence-corrected chi connectivity index (χ3v) is 10.3. The number of rotatable bonds is 9. The van der Waals surface area contributed by atoms with E-state index in [1.807, 2.05) is 0 Å². The maximum absolute atomic E-state index is 15.9. The van der Waals surface area contributed by atoms with Crippen molar-refractivity contribution in [2.24, 2.45) is 0 Å². The van der Waals surface area contributed by atoms with E-state index >= 15 is 35.1 Å². The Balaban J connectivity index is 1.48. The Morgan fingerprint density at radius 2 is 0.397 bits per heavy atom. The molecule has 0 unspecified atom stereocenters. The van der Waals surface area contributed by atoms with Gasteiger partial charge >= 0.3 is 18.5 Å². The zero-order valence-electron chi connectivity index (χ0n) is 34.4. The molecule has 0 saturated carbocycles. The molecule has 7 aromatic rings. The summed E-state index contributed by atoms with van der Waals surface area (Å²) in [5.74, 6) is -43.0. The summed E-state index contributed by atoms with van der Waals surface area (Å²) >= 11 is 0. The van der Waals surface area contributed by atoms with E-state index in [2.05, 4.69) is 0 Å². The molecule has 0 heterocycles. The summed E-state index contributed by atoms with van der Waals surface area (Å²) < 4.78 is 363. The highest BCUT2D eigenvalue weighted by atomic mass is 19.4. The van der Waals surface area contributed by atoms with Crippen LogP contribution in [0, 0.1) is 93.1 Å². The molecule has 0 aliphatic rings. The minimum atomic E-state index is -6.18. The highest BCUT2D eigenvalue weighted by molar-refractivity contribution is 5.84. The molecule has 0 atom stereocenters. The van der Waals surface area contributed by atoms with Crippen LogP contribution in [-0.2, 0) is 18.5 Å². The fourth-order valence-electron chi connectivity index (χ4n) is 7.17. The third-order valence-electron chi connectivity index (χ3n) is 10.3. The van der Waals surface area contributed by atoms with Gasteiger partial charge in [0, 0.05) is 46.3 Å². The van der Waals surface area contributed by atoms with E-state index in [-0.39, 0.29) is 39.0 Å². The smallest absolute Gasteiger partial charge is 0.305 e. The fraction of sp³-hybridized carbons (Fsp3) is 0.0667. The second-order valence-corrected chi connectivity index (χ2v) is 14.7. The van der Waals surface area contributed by atoms with Gasteiger partial charge in [0.15, 0.2) is 93.1 Å². The van der Waals surface area contributed by atoms with Crippen molar-refractivity contribution in [3.63, 3.8) is 0 Å². The zero-order chi connectivity index (χ0) is 54.3. The third kappa shape index (κ3) is 9.21. The number of hydrogen-bond donors (Lipinski definition) is 0. The molecule has 0 spiro atoms. The van der Waals surface area contributed by atoms with Gasteiger partial charge in [-0.05, 0) is 72.8 Å². The van der Waals surface area contributed by atoms with Crippen LogP contribution in [0.25, 0.3) is 0 Å². The molecule has 0 bridgehead atoms. The summed E-state index contributed by atoms with van der Waals surface area (Å²) in [5, 5.41) is 0. The van der Waals surface area contributed by atoms with Crippen molar-refractivity contribution < 1.29 is 110 Å². The first-order chi connectivity index (χ1) is 33.8. The highest BCUT2D eigenvalue weighted by Gasteiger charge is 2.46. The summed E-state index contributed by atoms with van der Waals surface area (Å²) in [6.45, 7) is 0. The van der Waals surface area contributed by atoms with Crippen molar-refractivity contribution in [1.82, 2.24) is 0 Å². The van der Waals surface area contributed by atoms with Crippen LogP contribution in [0.15, 0.2) is 84.9 Å². The van der Waals surface area contributed by atoms with Crippen LogP contribution in [-0.4, -0.2) is 0 Å². The second-order valence-electron chi connectivity index (χ2n) is 14.7. The van der Waals surface area contributed by atoms with E-state index in [1.54, 1.807) is 0 Å². The molecular formula is C45H14F25N3. The van der Waals surface area contributed by atoms with Gasteiger partial charge in [-0.1, -0.05) is 0 Å². The fourth-order valence-corrected chi connectivity index (χ4v) is 7.17. The molecule has 0 N–H and O–H groups in total. The van der Waals surface area contributed by atoms with Crippen LogP contribution in [0.1, 0.15) is 16.7 Å². The number of halogens is 25. The minimum Gasteiger partial charge on any atom is -0.305 e. The van der Waals surface area contributed by atoms with Crippen molar-refractivity contribution in [1.29, 1.82) is 0 Å². The molecule has 0 amide bonds. The average molecular weight is 1070 g/mol. The van der Waals surface area contributed by atoms with Gasteiger partial charge in [0.25, 0.3) is 0 Å². The molecule has 0 aromatic heterocycles. The molecule has 0 aliphatic heterocycles. The lowest BCUT2D eigenvalue weighted by Crippen LogP contribution is -2.22. The van der Waals surface area contributed by atoms with Gasteiger partial charge in [-0.2, -0.15) is 39.5 Å². The normalized spacial score (nSPS) is 12.2. The molecular weight excluding hydrogens is 1060 g/mol. The highest BCUT2D eigenvalue weighted by Crippen LogP contribution is 2.50. The first-order valence-corrected chi connectivity index (χ1v) is 19.1. The largest absolute Gasteiger partial charge is 0.422 e. The summed E-state index contributed by atoms with van der Waals surface area (Å²) in [7, 11) is 0. The first kappa shape index (κ1) is 53.0. The quantitative estimate of drug-likeness (QED) is 0.105. The average Bonchev–Trinajstić information content (AvgIpc) is 3.30. The first-order valence-electron chi connectivity index (χ1n) is 19.1. The zero-order valence-corrected chi connectivity index (χ0v) is 34.4. The maximum Gasteiger partial charge on any atom is 0.422 e. The van der Waals surface area contributed by atoms with Gasteiger partial charge in [0.1, 0.15) is 33.8 Å². The number of nitrogens with zero attached hydrogens (tertiary/aromatic N) is 3. The topological polar surface area (TPSA) is 9.72 Å². The molecule has 7 rings (SSSR count). The van der Waals surface area contributed by atoms with Crippen molar-refractivity contribution in [3.8, 4) is 0 Å². The lowest BCUT2D eigenvalue weighted by atomic mass is 10.1. The van der Waals surface area contributed by atoms with E-state index in [9.17, 15) is 74.6 Å². The predicted molar refractivity (Wildman–Crippen MR) is 205 cm³/mol. The summed E-state index contributed by atoms with van der Waals surface area (Å²) in [5.41, 5.74) is -22.0. The van der Waals surface area contributed by atoms with Gasteiger partial charge in [0.05, 0.1) is 0 Å². The van der Waals surface area contributed by atoms with E-state index in [1.165, 1.54) is 0 Å². The Hall–Kier alpha value is -7.81. The van der Waals surface area contributed by atoms with Crippen molar-refractivity contribution in [2.45, 2.75) is 18.5 Å². The number of benzene rings is 7. The number of alkyl halides is 9. The van der Waals surface area contributed by atoms with Crippen molar-refractivity contribution in [3.05, 3.63) is 195 Å². The summed E-state index contributed by atoms with van der Waals surface area (Å²) in [4.78, 5) is -0.302. The van der Waals surface area contributed by atoms with E-state index in [0.29, 0.717) is 60.7 Å². The number of anilines is 9. The Labute approximate surface area is 388 Å². The lowest BCUT2D eigenvalue weighted by Gasteiger charge is -2.30. The van der Waals surface area contributed by atoms with E-state index in [4.69, 9.17) is 0 Å². The SMILES string of the molecule is Fc1ccc(N(c2ccc(N(c3ccc(N(c4ccc(F)c(F)c4)c4c(F)c(F)c(C(F)(F)F)c(F)c4F)cc3)c3c(F)c(F)c(C(F)(F)F)c(F)c3F)cc2)c2c(F)c(F)c(C(F)(F)F)c(F)c2F)cc1F. The molecule has 7 aromatic carbocycles. The molecule has 0 radical (unpaired) electrons. The van der Waals surface area contributed by atoms with Gasteiger partial charge in [0.2, 0.25) is 0 Å². The summed E-state index contributed by atoms with van der Waals surface area (Å²) in [6, 6.07) is 4.79. The minimum absolute atomic E-state index is 0.0662. The molecule has 0 aliphatic carbocycles. The molecule has 73 heavy (non-hydrogen) atoms. The standard InChI is InChI=1S/C45H14F25N3/c46-21-11-9-19(13-23(21)48)72(41-36(58)30(52)26(44(65,66)67)31(53)37(41)59)17-5-1-15(2-6-17)71(40-34(56)28(50)25(43(62,63)64)29(51)35(40)57)16-3-7-18(8-4-16)73(20-10-12-22(47)24(49)14-20)42-38(60)32(54)27(45(68,69)70)33(55)39(42)61/h1-14H. The molecule has 3 nitrogen and oxygen atoms in total. The Morgan fingerprint density at radius 1 is 0.219 bits per heavy atom. The molecule has 28 heteroatoms. The summed E-state index contributed by atoms with van der Waals surface area (Å²) in [6.07, 6.45) is -18.4. The maximum atomic E-state index is 15.9. The van der Waals surface area contributed by atoms with Crippen LogP contribution in [0.3, 0.4) is 0 Å². The van der Waals surface area contributed by atoms with Gasteiger partial charge < -0.3 is 14.7 Å². The number of hydrogen-bond acceptors (Lipinski definition) is 3. The molecule has 0 saturated heterocycles. The van der Waals surface area contributed by atoms with Gasteiger partial charge in [-0.15, -0.1) is 0 Å². The van der Waals surface area contributed by atoms with Crippen LogP contribution in [0.5, 0.6) is 0 Å². The monoisotopic (exact) mass is 1070 g/mol. The second kappa shape index (κ2) is 18.7. The van der Waals surface area contributed by atoms with E-state index in [0.717, 1.165) is 0 Å². The van der Waals surface area contributed by atoms with Crippen LogP contribution < -0.4 is 14.7 Å². The Kier molecular flexibility index (Phi) is 13.5. The van der Waals surface area contributed by atoms with Crippen LogP contribution in [0.2, 0.25) is 0 Å². The Morgan fingerprint density at radius 3 is 0.575 bits per heavy atom. The molecule has 0 fully saturated rings. The van der Waals surface area contributed by atoms with Crippen molar-refractivity contribution >= 4 is 51.2 Å². The lowest BCUT2D eigenvalue weighted by molar-refractivity contribution is -0.144. The van der Waals surface area contributed by atoms with Gasteiger partial charge in [-0.3, -0.25) is 0 Å². The van der Waals surface area contributed by atoms with Crippen molar-refractivity contribution in [2.75, 3.05) is 14.7 Å². The van der Waals surface area contributed by atoms with Gasteiger partial charge in [-0.25, -0.2) is 70.2 Å². The Bertz CT molecular complexity index is 3060.